The van der Waals surface area contributed by atoms with Crippen molar-refractivity contribution in [3.63, 3.8) is 0 Å². The van der Waals surface area contributed by atoms with Crippen molar-refractivity contribution in [2.75, 3.05) is 13.2 Å². The van der Waals surface area contributed by atoms with Gasteiger partial charge in [0.25, 0.3) is 0 Å². The van der Waals surface area contributed by atoms with E-state index in [9.17, 15) is 0 Å². The molecule has 2 aliphatic rings. The quantitative estimate of drug-likeness (QED) is 0.736. The highest BCUT2D eigenvalue weighted by Gasteiger charge is 2.48. The summed E-state index contributed by atoms with van der Waals surface area (Å²) in [5.41, 5.74) is 6.44. The van der Waals surface area contributed by atoms with Crippen molar-refractivity contribution in [3.05, 3.63) is 0 Å². The van der Waals surface area contributed by atoms with Crippen LogP contribution >= 0.6 is 0 Å². The van der Waals surface area contributed by atoms with Crippen molar-refractivity contribution in [1.82, 2.24) is 0 Å². The van der Waals surface area contributed by atoms with E-state index in [0.29, 0.717) is 11.5 Å². The number of rotatable bonds is 2. The molecule has 0 radical (unpaired) electrons. The second-order valence-electron chi connectivity index (χ2n) is 5.49. The highest BCUT2D eigenvalue weighted by atomic mass is 16.5. The molecule has 1 aliphatic heterocycles. The molecule has 82 valence electrons. The zero-order chi connectivity index (χ0) is 10.2. The first kappa shape index (κ1) is 10.4. The van der Waals surface area contributed by atoms with E-state index in [4.69, 9.17) is 10.5 Å². The summed E-state index contributed by atoms with van der Waals surface area (Å²) in [6.45, 7) is 6.67. The van der Waals surface area contributed by atoms with E-state index in [1.165, 1.54) is 25.7 Å². The van der Waals surface area contributed by atoms with Gasteiger partial charge in [-0.2, -0.15) is 0 Å². The van der Waals surface area contributed by atoms with Crippen LogP contribution in [0.25, 0.3) is 0 Å². The van der Waals surface area contributed by atoms with E-state index in [1.807, 2.05) is 0 Å². The Balaban J connectivity index is 1.99. The third kappa shape index (κ3) is 1.59. The Kier molecular flexibility index (Phi) is 2.85. The van der Waals surface area contributed by atoms with Crippen LogP contribution in [-0.4, -0.2) is 19.3 Å². The Labute approximate surface area is 87.2 Å². The molecule has 0 amide bonds. The zero-order valence-electron chi connectivity index (χ0n) is 9.46. The summed E-state index contributed by atoms with van der Waals surface area (Å²) < 4.78 is 5.45. The molecule has 14 heavy (non-hydrogen) atoms. The normalized spacial score (nSPS) is 36.9. The van der Waals surface area contributed by atoms with Gasteiger partial charge < -0.3 is 10.5 Å². The molecule has 0 aromatic carbocycles. The van der Waals surface area contributed by atoms with Gasteiger partial charge in [-0.3, -0.25) is 0 Å². The average Bonchev–Trinajstić information content (AvgIpc) is 2.05. The first-order chi connectivity index (χ1) is 6.65. The Morgan fingerprint density at radius 3 is 2.07 bits per heavy atom. The van der Waals surface area contributed by atoms with Crippen molar-refractivity contribution >= 4 is 0 Å². The smallest absolute Gasteiger partial charge is 0.0549 e. The lowest BCUT2D eigenvalue weighted by Gasteiger charge is -2.52. The zero-order valence-corrected chi connectivity index (χ0v) is 9.46. The molecule has 1 saturated carbocycles. The molecule has 0 bridgehead atoms. The van der Waals surface area contributed by atoms with Crippen molar-refractivity contribution in [2.24, 2.45) is 23.0 Å². The molecule has 2 heteroatoms. The molecular formula is C12H23NO. The van der Waals surface area contributed by atoms with Crippen LogP contribution in [-0.2, 0) is 4.74 Å². The van der Waals surface area contributed by atoms with Crippen LogP contribution in [0.4, 0.5) is 0 Å². The van der Waals surface area contributed by atoms with Crippen molar-refractivity contribution < 1.29 is 4.74 Å². The van der Waals surface area contributed by atoms with Gasteiger partial charge in [0, 0.05) is 11.5 Å². The molecule has 0 spiro atoms. The number of hydrogen-bond acceptors (Lipinski definition) is 2. The Bertz CT molecular complexity index is 190. The fourth-order valence-corrected chi connectivity index (χ4v) is 3.07. The lowest BCUT2D eigenvalue weighted by atomic mass is 9.61. The third-order valence-corrected chi connectivity index (χ3v) is 4.48. The topological polar surface area (TPSA) is 35.2 Å². The summed E-state index contributed by atoms with van der Waals surface area (Å²) in [5, 5.41) is 0. The molecule has 0 aromatic rings. The molecule has 2 fully saturated rings. The van der Waals surface area contributed by atoms with Gasteiger partial charge in [-0.25, -0.2) is 0 Å². The second-order valence-corrected chi connectivity index (χ2v) is 5.49. The van der Waals surface area contributed by atoms with Crippen LogP contribution < -0.4 is 5.73 Å². The summed E-state index contributed by atoms with van der Waals surface area (Å²) in [4.78, 5) is 0. The van der Waals surface area contributed by atoms with E-state index >= 15 is 0 Å². The van der Waals surface area contributed by atoms with Gasteiger partial charge in [-0.15, -0.1) is 0 Å². The van der Waals surface area contributed by atoms with Crippen LogP contribution in [0.5, 0.6) is 0 Å². The first-order valence-electron chi connectivity index (χ1n) is 5.98. The third-order valence-electron chi connectivity index (χ3n) is 4.48. The van der Waals surface area contributed by atoms with E-state index < -0.39 is 0 Å². The Morgan fingerprint density at radius 2 is 1.71 bits per heavy atom. The highest BCUT2D eigenvalue weighted by molar-refractivity contribution is 4.96. The summed E-state index contributed by atoms with van der Waals surface area (Å²) in [7, 11) is 0. The summed E-state index contributed by atoms with van der Waals surface area (Å²) in [6.07, 6.45) is 5.09. The molecule has 1 aliphatic carbocycles. The molecule has 0 atom stereocenters. The molecule has 0 unspecified atom stereocenters. The van der Waals surface area contributed by atoms with Crippen LogP contribution in [0.2, 0.25) is 0 Å². The molecule has 2 N–H and O–H groups in total. The van der Waals surface area contributed by atoms with Gasteiger partial charge in [-0.05, 0) is 37.5 Å². The number of ether oxygens (including phenoxy) is 1. The number of nitrogens with two attached hydrogens (primary N) is 1. The average molecular weight is 197 g/mol. The van der Waals surface area contributed by atoms with E-state index in [0.717, 1.165) is 25.0 Å². The van der Waals surface area contributed by atoms with Crippen molar-refractivity contribution in [2.45, 2.75) is 45.6 Å². The lowest BCUT2D eigenvalue weighted by molar-refractivity contribution is -0.178. The SMILES string of the molecule is CC(C)C1(C2CCC(N)CC2)COC1. The largest absolute Gasteiger partial charge is 0.380 e. The van der Waals surface area contributed by atoms with E-state index in [2.05, 4.69) is 13.8 Å². The standard InChI is InChI=1S/C12H23NO/c1-9(2)12(7-14-8-12)10-3-5-11(13)6-4-10/h9-11H,3-8,13H2,1-2H3. The van der Waals surface area contributed by atoms with Crippen molar-refractivity contribution in [3.8, 4) is 0 Å². The predicted molar refractivity (Wildman–Crippen MR) is 58.0 cm³/mol. The van der Waals surface area contributed by atoms with Gasteiger partial charge in [0.1, 0.15) is 0 Å². The fraction of sp³-hybridized carbons (Fsp3) is 1.00. The highest BCUT2D eigenvalue weighted by Crippen LogP contribution is 2.48. The first-order valence-corrected chi connectivity index (χ1v) is 5.98. The van der Waals surface area contributed by atoms with E-state index in [-0.39, 0.29) is 0 Å². The summed E-state index contributed by atoms with van der Waals surface area (Å²) in [5.74, 6) is 1.63. The molecular weight excluding hydrogens is 174 g/mol. The molecule has 2 rings (SSSR count). The summed E-state index contributed by atoms with van der Waals surface area (Å²) >= 11 is 0. The van der Waals surface area contributed by atoms with E-state index in [1.54, 1.807) is 0 Å². The minimum atomic E-state index is 0.469. The van der Waals surface area contributed by atoms with Crippen LogP contribution in [0.1, 0.15) is 39.5 Å². The van der Waals surface area contributed by atoms with Crippen molar-refractivity contribution in [1.29, 1.82) is 0 Å². The van der Waals surface area contributed by atoms with Gasteiger partial charge in [0.2, 0.25) is 0 Å². The molecule has 2 nitrogen and oxygen atoms in total. The Morgan fingerprint density at radius 1 is 1.14 bits per heavy atom. The van der Waals surface area contributed by atoms with Gasteiger partial charge in [0.15, 0.2) is 0 Å². The fourth-order valence-electron chi connectivity index (χ4n) is 3.07. The van der Waals surface area contributed by atoms with Crippen LogP contribution in [0.15, 0.2) is 0 Å². The van der Waals surface area contributed by atoms with Gasteiger partial charge in [0.05, 0.1) is 13.2 Å². The number of hydrogen-bond donors (Lipinski definition) is 1. The van der Waals surface area contributed by atoms with Crippen LogP contribution in [0, 0.1) is 17.3 Å². The minimum Gasteiger partial charge on any atom is -0.380 e. The molecule has 1 heterocycles. The predicted octanol–water partition coefficient (Wildman–Crippen LogP) is 2.18. The minimum absolute atomic E-state index is 0.469. The second kappa shape index (κ2) is 3.82. The molecule has 1 saturated heterocycles. The maximum atomic E-state index is 5.94. The monoisotopic (exact) mass is 197 g/mol. The maximum Gasteiger partial charge on any atom is 0.0549 e. The Hall–Kier alpha value is -0.0800. The van der Waals surface area contributed by atoms with Crippen LogP contribution in [0.3, 0.4) is 0 Å². The molecule has 0 aromatic heterocycles. The lowest BCUT2D eigenvalue weighted by Crippen LogP contribution is -2.53. The summed E-state index contributed by atoms with van der Waals surface area (Å²) in [6, 6.07) is 0.469. The maximum absolute atomic E-state index is 5.94. The van der Waals surface area contributed by atoms with Gasteiger partial charge >= 0.3 is 0 Å². The van der Waals surface area contributed by atoms with Gasteiger partial charge in [-0.1, -0.05) is 13.8 Å².